The number of piperazine rings is 1. The Bertz CT molecular complexity index is 1040. The summed E-state index contributed by atoms with van der Waals surface area (Å²) in [6.45, 7) is 3.33. The summed E-state index contributed by atoms with van der Waals surface area (Å²) in [5.74, 6) is 0.326. The van der Waals surface area contributed by atoms with Crippen LogP contribution in [-0.2, 0) is 10.0 Å². The number of β-amino-alcohol motifs (C(OH)–C–C–N with tert-alkyl or cyclic N) is 1. The van der Waals surface area contributed by atoms with Crippen molar-refractivity contribution in [1.82, 2.24) is 24.5 Å². The highest BCUT2D eigenvalue weighted by molar-refractivity contribution is 7.89. The first kappa shape index (κ1) is 22.6. The number of anilines is 1. The second-order valence-electron chi connectivity index (χ2n) is 8.37. The van der Waals surface area contributed by atoms with Gasteiger partial charge in [-0.3, -0.25) is 9.78 Å². The maximum Gasteiger partial charge on any atom is 0.251 e. The van der Waals surface area contributed by atoms with Gasteiger partial charge in [-0.05, 0) is 37.7 Å². The molecule has 1 atom stereocenters. The van der Waals surface area contributed by atoms with Crippen LogP contribution in [0.1, 0.15) is 16.8 Å². The molecule has 1 aromatic carbocycles. The van der Waals surface area contributed by atoms with Crippen LogP contribution in [0.4, 0.5) is 5.82 Å². The fourth-order valence-electron chi connectivity index (χ4n) is 3.95. The van der Waals surface area contributed by atoms with E-state index in [-0.39, 0.29) is 17.3 Å². The minimum atomic E-state index is -3.58. The minimum Gasteiger partial charge on any atom is -0.386 e. The van der Waals surface area contributed by atoms with Gasteiger partial charge >= 0.3 is 0 Å². The number of hydrogen-bond acceptors (Lipinski definition) is 8. The summed E-state index contributed by atoms with van der Waals surface area (Å²) in [7, 11) is -1.61. The van der Waals surface area contributed by atoms with Crippen LogP contribution in [0.2, 0.25) is 0 Å². The number of amides is 1. The third-order valence-electron chi connectivity index (χ3n) is 6.00. The van der Waals surface area contributed by atoms with E-state index in [0.717, 1.165) is 0 Å². The second kappa shape index (κ2) is 9.10. The van der Waals surface area contributed by atoms with Crippen LogP contribution in [0.25, 0.3) is 0 Å². The lowest BCUT2D eigenvalue weighted by Gasteiger charge is -2.31. The summed E-state index contributed by atoms with van der Waals surface area (Å²) >= 11 is 0. The molecule has 2 fully saturated rings. The van der Waals surface area contributed by atoms with E-state index >= 15 is 0 Å². The summed E-state index contributed by atoms with van der Waals surface area (Å²) < 4.78 is 27.1. The number of nitrogens with zero attached hydrogens (tertiary/aromatic N) is 5. The molecular formula is C21H28N6O4S. The molecule has 10 nitrogen and oxygen atoms in total. The van der Waals surface area contributed by atoms with Crippen molar-refractivity contribution in [2.45, 2.75) is 16.9 Å². The molecule has 0 saturated carbocycles. The molecule has 4 rings (SSSR count). The van der Waals surface area contributed by atoms with Gasteiger partial charge in [0, 0.05) is 63.8 Å². The standard InChI is InChI=1S/C21H28N6O4S/c1-25-10-12-27(13-11-25)32(30,31)18-4-2-17(3-5-18)20(28)24-15-21(29)6-9-26(16-21)19-14-22-7-8-23-19/h2-5,7-8,14,29H,6,9-13,15-16H2,1H3,(H,24,28)/t21-/m0/s1. The van der Waals surface area contributed by atoms with E-state index in [9.17, 15) is 18.3 Å². The van der Waals surface area contributed by atoms with E-state index < -0.39 is 15.6 Å². The highest BCUT2D eigenvalue weighted by atomic mass is 32.2. The molecular weight excluding hydrogens is 432 g/mol. The van der Waals surface area contributed by atoms with Gasteiger partial charge in [0.05, 0.1) is 11.1 Å². The molecule has 0 bridgehead atoms. The third kappa shape index (κ3) is 4.90. The predicted molar refractivity (Wildman–Crippen MR) is 119 cm³/mol. The Balaban J connectivity index is 1.34. The van der Waals surface area contributed by atoms with Crippen LogP contribution in [0.15, 0.2) is 47.8 Å². The zero-order valence-corrected chi connectivity index (χ0v) is 18.8. The molecule has 2 aliphatic heterocycles. The van der Waals surface area contributed by atoms with Gasteiger partial charge in [-0.15, -0.1) is 0 Å². The van der Waals surface area contributed by atoms with Crippen molar-refractivity contribution in [3.8, 4) is 0 Å². The van der Waals surface area contributed by atoms with Gasteiger partial charge in [-0.2, -0.15) is 4.31 Å². The third-order valence-corrected chi connectivity index (χ3v) is 7.91. The van der Waals surface area contributed by atoms with Gasteiger partial charge in [-0.1, -0.05) is 0 Å². The molecule has 2 aliphatic rings. The average molecular weight is 461 g/mol. The highest BCUT2D eigenvalue weighted by Crippen LogP contribution is 2.24. The molecule has 2 aromatic rings. The second-order valence-corrected chi connectivity index (χ2v) is 10.3. The predicted octanol–water partition coefficient (Wildman–Crippen LogP) is -0.216. The molecule has 2 N–H and O–H groups in total. The summed E-state index contributed by atoms with van der Waals surface area (Å²) in [6.07, 6.45) is 5.32. The fraction of sp³-hybridized carbons (Fsp3) is 0.476. The van der Waals surface area contributed by atoms with Crippen molar-refractivity contribution in [1.29, 1.82) is 0 Å². The van der Waals surface area contributed by atoms with Gasteiger partial charge in [0.15, 0.2) is 0 Å². The van der Waals surface area contributed by atoms with Crippen molar-refractivity contribution in [3.05, 3.63) is 48.4 Å². The Morgan fingerprint density at radius 3 is 2.50 bits per heavy atom. The van der Waals surface area contributed by atoms with E-state index in [1.165, 1.54) is 28.6 Å². The SMILES string of the molecule is CN1CCN(S(=O)(=O)c2ccc(C(=O)NC[C@@]3(O)CCN(c4cnccn4)C3)cc2)CC1. The number of likely N-dealkylation sites (N-methyl/N-ethyl adjacent to an activating group) is 1. The number of carbonyl (C=O) groups excluding carboxylic acids is 1. The van der Waals surface area contributed by atoms with Crippen LogP contribution >= 0.6 is 0 Å². The average Bonchev–Trinajstić information content (AvgIpc) is 3.21. The summed E-state index contributed by atoms with van der Waals surface area (Å²) in [4.78, 5) is 25.0. The van der Waals surface area contributed by atoms with Crippen LogP contribution in [0.5, 0.6) is 0 Å². The number of rotatable bonds is 6. The Hall–Kier alpha value is -2.60. The molecule has 0 radical (unpaired) electrons. The normalized spacial score (nSPS) is 22.8. The van der Waals surface area contributed by atoms with Gasteiger partial charge in [0.1, 0.15) is 11.4 Å². The van der Waals surface area contributed by atoms with Crippen LogP contribution in [0.3, 0.4) is 0 Å². The lowest BCUT2D eigenvalue weighted by molar-refractivity contribution is 0.0575. The Morgan fingerprint density at radius 2 is 1.84 bits per heavy atom. The summed E-state index contributed by atoms with van der Waals surface area (Å²) in [6, 6.07) is 5.93. The van der Waals surface area contributed by atoms with Crippen molar-refractivity contribution >= 4 is 21.7 Å². The van der Waals surface area contributed by atoms with E-state index in [1.54, 1.807) is 18.6 Å². The van der Waals surface area contributed by atoms with Crippen molar-refractivity contribution < 1.29 is 18.3 Å². The Kier molecular flexibility index (Phi) is 6.42. The molecule has 172 valence electrons. The van der Waals surface area contributed by atoms with Gasteiger partial charge in [0.25, 0.3) is 5.91 Å². The number of benzene rings is 1. The molecule has 11 heteroatoms. The largest absolute Gasteiger partial charge is 0.386 e. The maximum atomic E-state index is 12.8. The first-order valence-corrected chi connectivity index (χ1v) is 12.0. The quantitative estimate of drug-likeness (QED) is 0.608. The van der Waals surface area contributed by atoms with Gasteiger partial charge < -0.3 is 20.2 Å². The van der Waals surface area contributed by atoms with E-state index in [4.69, 9.17) is 0 Å². The molecule has 0 unspecified atom stereocenters. The zero-order valence-electron chi connectivity index (χ0n) is 18.0. The molecule has 0 aliphatic carbocycles. The van der Waals surface area contributed by atoms with Crippen LogP contribution in [-0.4, -0.2) is 97.1 Å². The minimum absolute atomic E-state index is 0.0872. The monoisotopic (exact) mass is 460 g/mol. The highest BCUT2D eigenvalue weighted by Gasteiger charge is 2.37. The molecule has 3 heterocycles. The van der Waals surface area contributed by atoms with Crippen molar-refractivity contribution in [2.24, 2.45) is 0 Å². The Labute approximate surface area is 187 Å². The van der Waals surface area contributed by atoms with E-state index in [1.807, 2.05) is 11.9 Å². The van der Waals surface area contributed by atoms with Gasteiger partial charge in [0.2, 0.25) is 10.0 Å². The Morgan fingerprint density at radius 1 is 1.12 bits per heavy atom. The lowest BCUT2D eigenvalue weighted by atomic mass is 10.0. The number of nitrogens with one attached hydrogen (secondary N) is 1. The zero-order chi connectivity index (χ0) is 22.8. The van der Waals surface area contributed by atoms with Crippen LogP contribution < -0.4 is 10.2 Å². The summed E-state index contributed by atoms with van der Waals surface area (Å²) in [5.41, 5.74) is -0.729. The number of aliphatic hydroxyl groups is 1. The summed E-state index contributed by atoms with van der Waals surface area (Å²) in [5, 5.41) is 13.6. The first-order chi connectivity index (χ1) is 15.3. The smallest absolute Gasteiger partial charge is 0.251 e. The molecule has 32 heavy (non-hydrogen) atoms. The fourth-order valence-corrected chi connectivity index (χ4v) is 5.38. The number of sulfonamides is 1. The lowest BCUT2D eigenvalue weighted by Crippen LogP contribution is -2.47. The number of aromatic nitrogens is 2. The topological polar surface area (TPSA) is 119 Å². The van der Waals surface area contributed by atoms with Crippen LogP contribution in [0, 0.1) is 0 Å². The number of hydrogen-bond donors (Lipinski definition) is 2. The molecule has 2 saturated heterocycles. The first-order valence-electron chi connectivity index (χ1n) is 10.6. The number of carbonyl (C=O) groups is 1. The molecule has 0 spiro atoms. The van der Waals surface area contributed by atoms with Crippen molar-refractivity contribution in [2.75, 3.05) is 57.8 Å². The molecule has 1 amide bonds. The van der Waals surface area contributed by atoms with E-state index in [2.05, 4.69) is 20.2 Å². The van der Waals surface area contributed by atoms with Crippen molar-refractivity contribution in [3.63, 3.8) is 0 Å². The van der Waals surface area contributed by atoms with Gasteiger partial charge in [-0.25, -0.2) is 13.4 Å². The van der Waals surface area contributed by atoms with E-state index in [0.29, 0.717) is 57.1 Å². The maximum absolute atomic E-state index is 12.8. The molecule has 1 aromatic heterocycles.